The van der Waals surface area contributed by atoms with Crippen LogP contribution in [0.5, 0.6) is 0 Å². The fourth-order valence-electron chi connectivity index (χ4n) is 1.30. The van der Waals surface area contributed by atoms with Gasteiger partial charge in [-0.05, 0) is 44.8 Å². The number of halogens is 3. The molecule has 0 aliphatic rings. The maximum absolute atomic E-state index is 6.20. The van der Waals surface area contributed by atoms with E-state index in [1.807, 2.05) is 25.1 Å². The van der Waals surface area contributed by atoms with Gasteiger partial charge in [0.05, 0.1) is 20.7 Å². The van der Waals surface area contributed by atoms with Gasteiger partial charge in [0.25, 0.3) is 0 Å². The van der Waals surface area contributed by atoms with E-state index in [2.05, 4.69) is 36.8 Å². The van der Waals surface area contributed by atoms with E-state index in [0.717, 1.165) is 25.5 Å². The van der Waals surface area contributed by atoms with Crippen LogP contribution >= 0.6 is 43.5 Å². The molecule has 0 unspecified atom stereocenters. The van der Waals surface area contributed by atoms with E-state index >= 15 is 0 Å². The molecule has 1 heterocycles. The van der Waals surface area contributed by atoms with Crippen molar-refractivity contribution in [2.75, 3.05) is 0 Å². The Hall–Kier alpha value is -0.120. The Morgan fingerprint density at radius 1 is 1.29 bits per heavy atom. The molecule has 0 saturated carbocycles. The van der Waals surface area contributed by atoms with Crippen LogP contribution < -0.4 is 0 Å². The summed E-state index contributed by atoms with van der Waals surface area (Å²) in [6, 6.07) is 5.86. The minimum absolute atomic E-state index is 0.716. The van der Waals surface area contributed by atoms with Gasteiger partial charge in [0.2, 0.25) is 0 Å². The second kappa shape index (κ2) is 3.80. The van der Waals surface area contributed by atoms with E-state index in [4.69, 9.17) is 11.6 Å². The van der Waals surface area contributed by atoms with Gasteiger partial charge in [0, 0.05) is 9.86 Å². The fourth-order valence-corrected chi connectivity index (χ4v) is 2.35. The lowest BCUT2D eigenvalue weighted by atomic mass is 10.2. The Bertz CT molecular complexity index is 511. The Balaban J connectivity index is 2.98. The van der Waals surface area contributed by atoms with Crippen molar-refractivity contribution in [1.29, 1.82) is 0 Å². The summed E-state index contributed by atoms with van der Waals surface area (Å²) >= 11 is 13.1. The van der Waals surface area contributed by atoms with E-state index < -0.39 is 0 Å². The van der Waals surface area contributed by atoms with Crippen LogP contribution in [0.4, 0.5) is 0 Å². The summed E-state index contributed by atoms with van der Waals surface area (Å²) in [7, 11) is 0. The van der Waals surface area contributed by atoms with Crippen LogP contribution in [0.15, 0.2) is 27.1 Å². The van der Waals surface area contributed by atoms with Crippen molar-refractivity contribution in [3.8, 4) is 0 Å². The normalized spacial score (nSPS) is 10.9. The predicted octanol–water partition coefficient (Wildman–Crippen LogP) is 4.72. The highest BCUT2D eigenvalue weighted by Crippen LogP contribution is 2.34. The standard InChI is InChI=1S/C10H6Br2ClN/c1-5-8(12)9(13)6-3-2-4-7(11)10(6)14-5/h2-4H,1H3. The lowest BCUT2D eigenvalue weighted by Gasteiger charge is -2.06. The summed E-state index contributed by atoms with van der Waals surface area (Å²) in [6.45, 7) is 1.93. The molecule has 0 fully saturated rings. The lowest BCUT2D eigenvalue weighted by molar-refractivity contribution is 1.23. The number of benzene rings is 1. The largest absolute Gasteiger partial charge is 0.251 e. The Morgan fingerprint density at radius 3 is 2.71 bits per heavy atom. The van der Waals surface area contributed by atoms with Gasteiger partial charge in [-0.1, -0.05) is 23.7 Å². The Morgan fingerprint density at radius 2 is 2.00 bits per heavy atom. The molecule has 4 heteroatoms. The predicted molar refractivity (Wildman–Crippen MR) is 66.9 cm³/mol. The number of aromatic nitrogens is 1. The highest BCUT2D eigenvalue weighted by molar-refractivity contribution is 9.11. The molecule has 14 heavy (non-hydrogen) atoms. The molecule has 0 saturated heterocycles. The molecule has 0 aliphatic carbocycles. The molecular weight excluding hydrogens is 329 g/mol. The fraction of sp³-hybridized carbons (Fsp3) is 0.100. The zero-order valence-electron chi connectivity index (χ0n) is 7.31. The van der Waals surface area contributed by atoms with Crippen molar-refractivity contribution in [3.63, 3.8) is 0 Å². The third kappa shape index (κ3) is 1.58. The van der Waals surface area contributed by atoms with Gasteiger partial charge in [-0.15, -0.1) is 0 Å². The van der Waals surface area contributed by atoms with Crippen LogP contribution in [0.25, 0.3) is 10.9 Å². The van der Waals surface area contributed by atoms with Crippen molar-refractivity contribution in [2.24, 2.45) is 0 Å². The summed E-state index contributed by atoms with van der Waals surface area (Å²) in [4.78, 5) is 4.46. The third-order valence-corrected chi connectivity index (χ3v) is 4.24. The number of aryl methyl sites for hydroxylation is 1. The minimum Gasteiger partial charge on any atom is -0.251 e. The first-order valence-electron chi connectivity index (χ1n) is 4.01. The van der Waals surface area contributed by atoms with Crippen molar-refractivity contribution in [1.82, 2.24) is 4.98 Å². The molecule has 2 rings (SSSR count). The molecule has 72 valence electrons. The number of hydrogen-bond acceptors (Lipinski definition) is 1. The van der Waals surface area contributed by atoms with Gasteiger partial charge in [0.1, 0.15) is 0 Å². The summed E-state index contributed by atoms with van der Waals surface area (Å²) in [5.41, 5.74) is 1.80. The molecule has 2 aromatic rings. The highest BCUT2D eigenvalue weighted by Gasteiger charge is 2.09. The van der Waals surface area contributed by atoms with E-state index in [1.54, 1.807) is 0 Å². The van der Waals surface area contributed by atoms with E-state index in [-0.39, 0.29) is 0 Å². The van der Waals surface area contributed by atoms with Gasteiger partial charge in [-0.2, -0.15) is 0 Å². The number of rotatable bonds is 0. The minimum atomic E-state index is 0.716. The van der Waals surface area contributed by atoms with Gasteiger partial charge < -0.3 is 0 Å². The van der Waals surface area contributed by atoms with Crippen molar-refractivity contribution >= 4 is 54.4 Å². The van der Waals surface area contributed by atoms with Crippen LogP contribution in [-0.2, 0) is 0 Å². The van der Waals surface area contributed by atoms with Crippen molar-refractivity contribution in [2.45, 2.75) is 6.92 Å². The number of fused-ring (bicyclic) bond motifs is 1. The monoisotopic (exact) mass is 333 g/mol. The zero-order chi connectivity index (χ0) is 10.3. The quantitative estimate of drug-likeness (QED) is 0.679. The van der Waals surface area contributed by atoms with E-state index in [0.29, 0.717) is 5.02 Å². The number of nitrogens with zero attached hydrogens (tertiary/aromatic N) is 1. The van der Waals surface area contributed by atoms with Crippen LogP contribution in [0, 0.1) is 6.92 Å². The molecule has 0 atom stereocenters. The molecule has 0 amide bonds. The SMILES string of the molecule is Cc1nc2c(Br)cccc2c(Cl)c1Br. The smallest absolute Gasteiger partial charge is 0.0862 e. The average Bonchev–Trinajstić information content (AvgIpc) is 2.17. The molecule has 1 nitrogen and oxygen atoms in total. The van der Waals surface area contributed by atoms with E-state index in [9.17, 15) is 0 Å². The number of pyridine rings is 1. The highest BCUT2D eigenvalue weighted by atomic mass is 79.9. The average molecular weight is 335 g/mol. The first-order valence-corrected chi connectivity index (χ1v) is 5.97. The Labute approximate surface area is 104 Å². The molecule has 0 radical (unpaired) electrons. The van der Waals surface area contributed by atoms with Crippen LogP contribution in [0.1, 0.15) is 5.69 Å². The van der Waals surface area contributed by atoms with Gasteiger partial charge >= 0.3 is 0 Å². The summed E-state index contributed by atoms with van der Waals surface area (Å²) in [6.07, 6.45) is 0. The molecular formula is C10H6Br2ClN. The van der Waals surface area contributed by atoms with Gasteiger partial charge in [-0.3, -0.25) is 4.98 Å². The molecule has 0 bridgehead atoms. The molecule has 0 N–H and O–H groups in total. The maximum atomic E-state index is 6.20. The second-order valence-corrected chi connectivity index (χ2v) is 4.99. The first-order chi connectivity index (χ1) is 6.61. The van der Waals surface area contributed by atoms with Crippen LogP contribution in [-0.4, -0.2) is 4.98 Å². The molecule has 1 aromatic carbocycles. The second-order valence-electron chi connectivity index (χ2n) is 2.96. The number of hydrogen-bond donors (Lipinski definition) is 0. The molecule has 1 aromatic heterocycles. The molecule has 0 aliphatic heterocycles. The summed E-state index contributed by atoms with van der Waals surface area (Å²) < 4.78 is 1.83. The van der Waals surface area contributed by atoms with Crippen molar-refractivity contribution < 1.29 is 0 Å². The Kier molecular flexibility index (Phi) is 2.82. The van der Waals surface area contributed by atoms with Crippen LogP contribution in [0.3, 0.4) is 0 Å². The van der Waals surface area contributed by atoms with E-state index in [1.165, 1.54) is 0 Å². The topological polar surface area (TPSA) is 12.9 Å². The van der Waals surface area contributed by atoms with Crippen molar-refractivity contribution in [3.05, 3.63) is 37.9 Å². The zero-order valence-corrected chi connectivity index (χ0v) is 11.2. The third-order valence-electron chi connectivity index (χ3n) is 2.01. The van der Waals surface area contributed by atoms with Gasteiger partial charge in [-0.25, -0.2) is 0 Å². The summed E-state index contributed by atoms with van der Waals surface area (Å²) in [5, 5.41) is 1.67. The summed E-state index contributed by atoms with van der Waals surface area (Å²) in [5.74, 6) is 0. The first kappa shape index (κ1) is 10.4. The van der Waals surface area contributed by atoms with Crippen LogP contribution in [0.2, 0.25) is 5.02 Å². The maximum Gasteiger partial charge on any atom is 0.0862 e. The van der Waals surface area contributed by atoms with Gasteiger partial charge in [0.15, 0.2) is 0 Å². The lowest BCUT2D eigenvalue weighted by Crippen LogP contribution is -1.88. The number of para-hydroxylation sites is 1. The molecule has 0 spiro atoms.